The molecule has 1 aliphatic heterocycles. The van der Waals surface area contributed by atoms with Crippen molar-refractivity contribution in [1.29, 1.82) is 0 Å². The van der Waals surface area contributed by atoms with Crippen LogP contribution in [-0.2, 0) is 4.79 Å². The van der Waals surface area contributed by atoms with E-state index in [-0.39, 0.29) is 11.9 Å². The summed E-state index contributed by atoms with van der Waals surface area (Å²) in [7, 11) is 0. The van der Waals surface area contributed by atoms with Crippen molar-refractivity contribution in [3.8, 4) is 0 Å². The van der Waals surface area contributed by atoms with Crippen LogP contribution in [0.1, 0.15) is 24.1 Å². The maximum atomic E-state index is 12.7. The molecule has 0 aliphatic carbocycles. The molecule has 2 aromatic carbocycles. The van der Waals surface area contributed by atoms with Crippen LogP contribution in [0, 0.1) is 0 Å². The molecule has 0 saturated carbocycles. The van der Waals surface area contributed by atoms with Gasteiger partial charge in [-0.05, 0) is 36.3 Å². The first kappa shape index (κ1) is 16.4. The Morgan fingerprint density at radius 2 is 1.78 bits per heavy atom. The Morgan fingerprint density at radius 3 is 2.43 bits per heavy atom. The molecule has 2 nitrogen and oxygen atoms in total. The van der Waals surface area contributed by atoms with Crippen molar-refractivity contribution in [2.24, 2.45) is 0 Å². The molecule has 3 rings (SSSR count). The fourth-order valence-corrected chi connectivity index (χ4v) is 4.09. The van der Waals surface area contributed by atoms with E-state index in [1.807, 2.05) is 67.6 Å². The Hall–Kier alpha value is -1.43. The van der Waals surface area contributed by atoms with E-state index in [4.69, 9.17) is 12.2 Å². The maximum Gasteiger partial charge on any atom is 0.266 e. The van der Waals surface area contributed by atoms with Crippen LogP contribution in [-0.4, -0.2) is 15.1 Å². The molecule has 0 aromatic heterocycles. The predicted molar refractivity (Wildman–Crippen MR) is 104 cm³/mol. The monoisotopic (exact) mass is 403 g/mol. The zero-order chi connectivity index (χ0) is 16.4. The van der Waals surface area contributed by atoms with Gasteiger partial charge in [-0.15, -0.1) is 0 Å². The van der Waals surface area contributed by atoms with E-state index in [2.05, 4.69) is 15.9 Å². The van der Waals surface area contributed by atoms with E-state index in [9.17, 15) is 4.79 Å². The van der Waals surface area contributed by atoms with E-state index in [1.165, 1.54) is 11.8 Å². The summed E-state index contributed by atoms with van der Waals surface area (Å²) in [5.41, 5.74) is 2.06. The smallest absolute Gasteiger partial charge is 0.266 e. The lowest BCUT2D eigenvalue weighted by molar-refractivity contribution is -0.123. The third kappa shape index (κ3) is 3.57. The predicted octanol–water partition coefficient (Wildman–Crippen LogP) is 5.41. The molecule has 0 bridgehead atoms. The lowest BCUT2D eigenvalue weighted by Gasteiger charge is -2.23. The lowest BCUT2D eigenvalue weighted by Crippen LogP contribution is -2.30. The Morgan fingerprint density at radius 1 is 1.13 bits per heavy atom. The highest BCUT2D eigenvalue weighted by atomic mass is 79.9. The van der Waals surface area contributed by atoms with E-state index < -0.39 is 0 Å². The average Bonchev–Trinajstić information content (AvgIpc) is 2.84. The van der Waals surface area contributed by atoms with Crippen LogP contribution in [0.3, 0.4) is 0 Å². The number of hydrogen-bond acceptors (Lipinski definition) is 3. The van der Waals surface area contributed by atoms with Crippen LogP contribution in [0.25, 0.3) is 6.08 Å². The van der Waals surface area contributed by atoms with Gasteiger partial charge < -0.3 is 0 Å². The van der Waals surface area contributed by atoms with Crippen LogP contribution in [0.5, 0.6) is 0 Å². The summed E-state index contributed by atoms with van der Waals surface area (Å²) >= 11 is 10.2. The summed E-state index contributed by atoms with van der Waals surface area (Å²) in [5.74, 6) is -0.0285. The molecule has 2 aromatic rings. The molecule has 5 heteroatoms. The molecule has 1 atom stereocenters. The molecule has 1 aliphatic rings. The van der Waals surface area contributed by atoms with Crippen LogP contribution >= 0.6 is 39.9 Å². The van der Waals surface area contributed by atoms with Gasteiger partial charge in [0, 0.05) is 4.47 Å². The highest BCUT2D eigenvalue weighted by Gasteiger charge is 2.35. The Kier molecular flexibility index (Phi) is 4.99. The summed E-state index contributed by atoms with van der Waals surface area (Å²) in [6, 6.07) is 17.7. The quantitative estimate of drug-likeness (QED) is 0.504. The number of thioether (sulfide) groups is 1. The van der Waals surface area contributed by atoms with Gasteiger partial charge in [-0.3, -0.25) is 9.69 Å². The van der Waals surface area contributed by atoms with Crippen LogP contribution in [0.15, 0.2) is 64.0 Å². The highest BCUT2D eigenvalue weighted by molar-refractivity contribution is 9.10. The van der Waals surface area contributed by atoms with Crippen molar-refractivity contribution < 1.29 is 4.79 Å². The third-order valence-corrected chi connectivity index (χ3v) is 5.52. The van der Waals surface area contributed by atoms with E-state index in [1.54, 1.807) is 4.90 Å². The molecular formula is C18H14BrNOS2. The molecule has 1 saturated heterocycles. The van der Waals surface area contributed by atoms with Gasteiger partial charge in [-0.2, -0.15) is 0 Å². The topological polar surface area (TPSA) is 20.3 Å². The van der Waals surface area contributed by atoms with Crippen LogP contribution < -0.4 is 0 Å². The van der Waals surface area contributed by atoms with Crippen molar-refractivity contribution >= 4 is 56.2 Å². The first-order chi connectivity index (χ1) is 11.1. The molecule has 23 heavy (non-hydrogen) atoms. The second kappa shape index (κ2) is 6.99. The van der Waals surface area contributed by atoms with Gasteiger partial charge in [-0.25, -0.2) is 0 Å². The number of amides is 1. The minimum atomic E-state index is -0.0699. The van der Waals surface area contributed by atoms with E-state index in [0.717, 1.165) is 15.6 Å². The van der Waals surface area contributed by atoms with Crippen molar-refractivity contribution in [2.75, 3.05) is 0 Å². The number of benzene rings is 2. The second-order valence-corrected chi connectivity index (χ2v) is 7.78. The largest absolute Gasteiger partial charge is 0.286 e. The molecule has 0 unspecified atom stereocenters. The molecule has 0 spiro atoms. The number of carbonyl (C=O) groups excluding carboxylic acids is 1. The minimum Gasteiger partial charge on any atom is -0.286 e. The summed E-state index contributed by atoms with van der Waals surface area (Å²) in [4.78, 5) is 15.1. The molecule has 1 heterocycles. The zero-order valence-corrected chi connectivity index (χ0v) is 15.6. The van der Waals surface area contributed by atoms with E-state index >= 15 is 0 Å². The van der Waals surface area contributed by atoms with Gasteiger partial charge in [0.05, 0.1) is 10.9 Å². The molecule has 1 fully saturated rings. The van der Waals surface area contributed by atoms with Gasteiger partial charge >= 0.3 is 0 Å². The number of nitrogens with zero attached hydrogens (tertiary/aromatic N) is 1. The van der Waals surface area contributed by atoms with Gasteiger partial charge in [0.15, 0.2) is 0 Å². The van der Waals surface area contributed by atoms with Gasteiger partial charge in [0.2, 0.25) is 0 Å². The number of rotatable bonds is 3. The molecular weight excluding hydrogens is 390 g/mol. The fraction of sp³-hybridized carbons (Fsp3) is 0.111. The van der Waals surface area contributed by atoms with Crippen LogP contribution in [0.4, 0.5) is 0 Å². The maximum absolute atomic E-state index is 12.7. The Balaban J connectivity index is 1.86. The number of thiocarbonyl (C=S) groups is 1. The normalized spacial score (nSPS) is 17.8. The lowest BCUT2D eigenvalue weighted by atomic mass is 10.1. The minimum absolute atomic E-state index is 0.0285. The van der Waals surface area contributed by atoms with Crippen LogP contribution in [0.2, 0.25) is 0 Å². The Labute approximate surface area is 153 Å². The molecule has 116 valence electrons. The van der Waals surface area contributed by atoms with E-state index in [0.29, 0.717) is 9.23 Å². The summed E-state index contributed by atoms with van der Waals surface area (Å²) in [6.45, 7) is 2.00. The summed E-state index contributed by atoms with van der Waals surface area (Å²) < 4.78 is 1.62. The fourth-order valence-electron chi connectivity index (χ4n) is 2.40. The van der Waals surface area contributed by atoms with Crippen molar-refractivity contribution in [3.05, 3.63) is 75.1 Å². The standard InChI is InChI=1S/C18H14BrNOS2/c1-12(14-5-3-2-4-6-14)20-17(21)16(23-18(20)22)11-13-7-9-15(19)10-8-13/h2-12H,1H3/b16-11-/t12-/m1/s1. The number of hydrogen-bond donors (Lipinski definition) is 0. The van der Waals surface area contributed by atoms with Crippen molar-refractivity contribution in [3.63, 3.8) is 0 Å². The first-order valence-electron chi connectivity index (χ1n) is 7.14. The molecule has 0 radical (unpaired) electrons. The van der Waals surface area contributed by atoms with Gasteiger partial charge in [-0.1, -0.05) is 82.4 Å². The van der Waals surface area contributed by atoms with Gasteiger partial charge in [0.1, 0.15) is 4.32 Å². The summed E-state index contributed by atoms with van der Waals surface area (Å²) in [6.07, 6.45) is 1.89. The van der Waals surface area contributed by atoms with Gasteiger partial charge in [0.25, 0.3) is 5.91 Å². The second-order valence-electron chi connectivity index (χ2n) is 5.19. The van der Waals surface area contributed by atoms with Crippen molar-refractivity contribution in [2.45, 2.75) is 13.0 Å². The first-order valence-corrected chi connectivity index (χ1v) is 9.15. The SMILES string of the molecule is C[C@H](c1ccccc1)N1C(=O)/C(=C/c2ccc(Br)cc2)SC1=S. The average molecular weight is 404 g/mol. The molecule has 1 amide bonds. The summed E-state index contributed by atoms with van der Waals surface area (Å²) in [5, 5.41) is 0. The highest BCUT2D eigenvalue weighted by Crippen LogP contribution is 2.37. The molecule has 0 N–H and O–H groups in total. The number of halogens is 1. The number of carbonyl (C=O) groups is 1. The Bertz CT molecular complexity index is 771. The van der Waals surface area contributed by atoms with Crippen molar-refractivity contribution in [1.82, 2.24) is 4.90 Å². The zero-order valence-electron chi connectivity index (χ0n) is 12.4. The third-order valence-electron chi connectivity index (χ3n) is 3.66.